The molecule has 0 nitrogen and oxygen atoms in total. The summed E-state index contributed by atoms with van der Waals surface area (Å²) in [5, 5.41) is 2.69. The van der Waals surface area contributed by atoms with E-state index < -0.39 is 0 Å². The molecule has 0 N–H and O–H groups in total. The number of hydrogen-bond acceptors (Lipinski definition) is 0. The summed E-state index contributed by atoms with van der Waals surface area (Å²) in [7, 11) is 0. The number of fused-ring (bicyclic) bond motifs is 1. The molecule has 0 fully saturated rings. The van der Waals surface area contributed by atoms with Crippen LogP contribution in [0.5, 0.6) is 0 Å². The van der Waals surface area contributed by atoms with Crippen molar-refractivity contribution >= 4 is 51.8 Å². The highest BCUT2D eigenvalue weighted by atomic mass is 79.9. The van der Waals surface area contributed by atoms with Gasteiger partial charge in [-0.15, -0.1) is 21.5 Å². The molecule has 0 saturated carbocycles. The van der Waals surface area contributed by atoms with Crippen LogP contribution in [0.2, 0.25) is 0 Å². The first kappa shape index (κ1) is 14.6. The van der Waals surface area contributed by atoms with Crippen LogP contribution in [0.3, 0.4) is 0 Å². The van der Waals surface area contributed by atoms with Crippen molar-refractivity contribution < 1.29 is 0 Å². The molecule has 3 aromatic carbocycles. The van der Waals surface area contributed by atoms with Crippen LogP contribution in [0.25, 0.3) is 10.8 Å². The summed E-state index contributed by atoms with van der Waals surface area (Å²) in [6.07, 6.45) is 0. The second-order valence-electron chi connectivity index (χ2n) is 4.67. The summed E-state index contributed by atoms with van der Waals surface area (Å²) in [6.45, 7) is 0. The molecule has 2 heteroatoms. The predicted molar refractivity (Wildman–Crippen MR) is 89.8 cm³/mol. The van der Waals surface area contributed by atoms with Crippen molar-refractivity contribution in [3.63, 3.8) is 0 Å². The van der Waals surface area contributed by atoms with Crippen LogP contribution < -0.4 is 3.69 Å². The standard InChI is InChI=1S/C11H9.C6H5.BrH.Mg/c1-9-6-7-10-4-2-3-5-11(10)8-9;1-2-4-6-5-3-1;;/h2-8H,1H2;1-5H;1H;. The van der Waals surface area contributed by atoms with Crippen molar-refractivity contribution in [2.75, 3.05) is 0 Å². The molecule has 0 aliphatic rings. The lowest BCUT2D eigenvalue weighted by Crippen LogP contribution is -2.15. The van der Waals surface area contributed by atoms with E-state index in [2.05, 4.69) is 72.8 Å². The van der Waals surface area contributed by atoms with Crippen LogP contribution in [0.4, 0.5) is 0 Å². The van der Waals surface area contributed by atoms with Crippen molar-refractivity contribution in [1.29, 1.82) is 0 Å². The van der Waals surface area contributed by atoms with Crippen molar-refractivity contribution in [3.8, 4) is 0 Å². The number of benzene rings is 3. The zero-order valence-electron chi connectivity index (χ0n) is 10.8. The Labute approximate surface area is 134 Å². The SMILES string of the molecule is Br.c1cc[c]([Mg][CH2]c2ccc3ccccc3c2)cc1. The zero-order chi connectivity index (χ0) is 12.2. The third-order valence-corrected chi connectivity index (χ3v) is 5.24. The van der Waals surface area contributed by atoms with Crippen LogP contribution in [-0.2, 0) is 4.55 Å². The van der Waals surface area contributed by atoms with E-state index in [1.165, 1.54) is 20.9 Å². The van der Waals surface area contributed by atoms with Gasteiger partial charge in [0.15, 0.2) is 0 Å². The lowest BCUT2D eigenvalue weighted by atomic mass is 10.1. The van der Waals surface area contributed by atoms with E-state index in [0.717, 1.165) is 0 Å². The molecule has 0 unspecified atom stereocenters. The lowest BCUT2D eigenvalue weighted by Gasteiger charge is -2.03. The van der Waals surface area contributed by atoms with E-state index in [1.54, 1.807) is 3.69 Å². The van der Waals surface area contributed by atoms with Gasteiger partial charge in [-0.1, -0.05) is 78.4 Å². The lowest BCUT2D eigenvalue weighted by molar-refractivity contribution is 1.41. The quantitative estimate of drug-likeness (QED) is 0.640. The van der Waals surface area contributed by atoms with E-state index in [0.29, 0.717) is 0 Å². The molecule has 0 spiro atoms. The molecule has 0 saturated heterocycles. The molecule has 0 atom stereocenters. The summed E-state index contributed by atoms with van der Waals surface area (Å²) in [6, 6.07) is 26.3. The van der Waals surface area contributed by atoms with Gasteiger partial charge in [0.05, 0.1) is 0 Å². The van der Waals surface area contributed by atoms with Crippen LogP contribution in [0, 0.1) is 0 Å². The molecule has 0 radical (unpaired) electrons. The summed E-state index contributed by atoms with van der Waals surface area (Å²) in [4.78, 5) is 0. The average molecular weight is 324 g/mol. The van der Waals surface area contributed by atoms with Crippen LogP contribution in [0.15, 0.2) is 72.8 Å². The topological polar surface area (TPSA) is 0 Å². The smallest absolute Gasteiger partial charge is 0.173 e. The molecule has 3 aromatic rings. The third kappa shape index (κ3) is 3.82. The first-order valence-corrected chi connectivity index (χ1v) is 8.14. The maximum Gasteiger partial charge on any atom is 0.414 e. The minimum Gasteiger partial charge on any atom is -0.173 e. The highest BCUT2D eigenvalue weighted by Gasteiger charge is 2.01. The van der Waals surface area contributed by atoms with E-state index in [1.807, 2.05) is 0 Å². The second kappa shape index (κ2) is 7.08. The Morgan fingerprint density at radius 3 is 2.16 bits per heavy atom. The van der Waals surface area contributed by atoms with Gasteiger partial charge in [-0.05, 0) is 10.8 Å². The van der Waals surface area contributed by atoms with E-state index in [4.69, 9.17) is 0 Å². The second-order valence-corrected chi connectivity index (χ2v) is 6.48. The Morgan fingerprint density at radius 1 is 0.684 bits per heavy atom. The predicted octanol–water partition coefficient (Wildman–Crippen LogP) is 3.95. The van der Waals surface area contributed by atoms with Gasteiger partial charge in [0.2, 0.25) is 0 Å². The van der Waals surface area contributed by atoms with Gasteiger partial charge in [0.25, 0.3) is 0 Å². The average Bonchev–Trinajstić information content (AvgIpc) is 2.46. The summed E-state index contributed by atoms with van der Waals surface area (Å²) >= 11 is -0.176. The molecular formula is C17H15BrMg. The Morgan fingerprint density at radius 2 is 1.37 bits per heavy atom. The fraction of sp³-hybridized carbons (Fsp3) is 0.0588. The highest BCUT2D eigenvalue weighted by Crippen LogP contribution is 2.15. The van der Waals surface area contributed by atoms with Crippen molar-refractivity contribution in [3.05, 3.63) is 78.4 Å². The third-order valence-electron chi connectivity index (χ3n) is 3.36. The van der Waals surface area contributed by atoms with Gasteiger partial charge in [-0.25, -0.2) is 0 Å². The summed E-state index contributed by atoms with van der Waals surface area (Å²) in [5.41, 5.74) is 1.48. The van der Waals surface area contributed by atoms with Crippen LogP contribution in [-0.4, -0.2) is 20.4 Å². The van der Waals surface area contributed by atoms with Gasteiger partial charge in [-0.3, -0.25) is 0 Å². The number of rotatable bonds is 3. The molecule has 0 aliphatic heterocycles. The van der Waals surface area contributed by atoms with Gasteiger partial charge >= 0.3 is 20.4 Å². The first-order chi connectivity index (χ1) is 8.92. The molecule has 3 rings (SSSR count). The van der Waals surface area contributed by atoms with Gasteiger partial charge in [0.1, 0.15) is 0 Å². The van der Waals surface area contributed by atoms with Crippen molar-refractivity contribution in [2.45, 2.75) is 4.55 Å². The summed E-state index contributed by atoms with van der Waals surface area (Å²) in [5.74, 6) is 0. The van der Waals surface area contributed by atoms with Gasteiger partial charge in [0, 0.05) is 0 Å². The Bertz CT molecular complexity index is 649. The maximum atomic E-state index is 2.34. The largest absolute Gasteiger partial charge is 0.414 e. The van der Waals surface area contributed by atoms with Gasteiger partial charge in [-0.2, -0.15) is 3.69 Å². The first-order valence-electron chi connectivity index (χ1n) is 6.43. The van der Waals surface area contributed by atoms with E-state index in [9.17, 15) is 0 Å². The highest BCUT2D eigenvalue weighted by molar-refractivity contribution is 8.93. The Balaban J connectivity index is 0.00000133. The monoisotopic (exact) mass is 322 g/mol. The van der Waals surface area contributed by atoms with Crippen molar-refractivity contribution in [1.82, 2.24) is 0 Å². The normalized spacial score (nSPS) is 9.68. The number of halogens is 1. The van der Waals surface area contributed by atoms with Crippen LogP contribution >= 0.6 is 17.0 Å². The zero-order valence-corrected chi connectivity index (χ0v) is 13.9. The van der Waals surface area contributed by atoms with Crippen LogP contribution in [0.1, 0.15) is 5.56 Å². The van der Waals surface area contributed by atoms with E-state index >= 15 is 0 Å². The fourth-order valence-corrected chi connectivity index (χ4v) is 3.82. The molecular weight excluding hydrogens is 308 g/mol. The molecule has 0 aromatic heterocycles. The molecule has 19 heavy (non-hydrogen) atoms. The summed E-state index contributed by atoms with van der Waals surface area (Å²) < 4.78 is 2.79. The molecule has 0 heterocycles. The Kier molecular flexibility index (Phi) is 5.43. The maximum absolute atomic E-state index is 2.34. The number of hydrogen-bond donors (Lipinski definition) is 0. The van der Waals surface area contributed by atoms with Crippen molar-refractivity contribution in [2.24, 2.45) is 0 Å². The Hall–Kier alpha value is -0.834. The minimum atomic E-state index is -0.176. The van der Waals surface area contributed by atoms with E-state index in [-0.39, 0.29) is 37.3 Å². The molecule has 92 valence electrons. The molecule has 0 bridgehead atoms. The molecule has 0 aliphatic carbocycles. The molecule has 0 amide bonds. The fourth-order valence-electron chi connectivity index (χ4n) is 2.33. The van der Waals surface area contributed by atoms with Gasteiger partial charge < -0.3 is 0 Å². The minimum absolute atomic E-state index is 0.